The molecule has 1 aromatic carbocycles. The average molecular weight is 175 g/mol. The lowest BCUT2D eigenvalue weighted by Crippen LogP contribution is -1.95. The molecule has 0 saturated carbocycles. The van der Waals surface area contributed by atoms with E-state index in [4.69, 9.17) is 0 Å². The molecule has 1 aromatic heterocycles. The number of carbonyl (C=O) groups is 1. The van der Waals surface area contributed by atoms with Crippen molar-refractivity contribution in [3.05, 3.63) is 23.8 Å². The zero-order valence-corrected chi connectivity index (χ0v) is 7.27. The summed E-state index contributed by atoms with van der Waals surface area (Å²) in [5.41, 5.74) is 2.75. The second kappa shape index (κ2) is 2.97. The van der Waals surface area contributed by atoms with Crippen molar-refractivity contribution in [1.29, 1.82) is 0 Å². The molecule has 4 heteroatoms. The number of aromatic nitrogens is 3. The van der Waals surface area contributed by atoms with Gasteiger partial charge in [0.1, 0.15) is 11.8 Å². The van der Waals surface area contributed by atoms with Crippen molar-refractivity contribution in [3.8, 4) is 0 Å². The summed E-state index contributed by atoms with van der Waals surface area (Å²) in [5, 5.41) is 7.85. The predicted molar refractivity (Wildman–Crippen MR) is 48.3 cm³/mol. The molecule has 0 bridgehead atoms. The standard InChI is InChI=1S/C9H9N3O/c1-12-9-7(5-6-13)3-2-4-8(9)10-11-12/h2-4,6H,5H2,1H3. The van der Waals surface area contributed by atoms with Crippen molar-refractivity contribution in [3.63, 3.8) is 0 Å². The van der Waals surface area contributed by atoms with Crippen molar-refractivity contribution >= 4 is 17.3 Å². The molecular formula is C9H9N3O. The van der Waals surface area contributed by atoms with Crippen LogP contribution in [0, 0.1) is 0 Å². The molecular weight excluding hydrogens is 166 g/mol. The summed E-state index contributed by atoms with van der Waals surface area (Å²) in [7, 11) is 1.82. The molecule has 4 nitrogen and oxygen atoms in total. The molecule has 0 aliphatic carbocycles. The van der Waals surface area contributed by atoms with Crippen LogP contribution in [-0.2, 0) is 18.3 Å². The summed E-state index contributed by atoms with van der Waals surface area (Å²) in [4.78, 5) is 10.4. The monoisotopic (exact) mass is 175 g/mol. The van der Waals surface area contributed by atoms with E-state index in [9.17, 15) is 4.79 Å². The summed E-state index contributed by atoms with van der Waals surface area (Å²) in [6.45, 7) is 0. The second-order valence-corrected chi connectivity index (χ2v) is 2.87. The molecule has 0 aliphatic rings. The number of rotatable bonds is 2. The van der Waals surface area contributed by atoms with Crippen molar-refractivity contribution in [2.24, 2.45) is 7.05 Å². The maximum atomic E-state index is 10.4. The van der Waals surface area contributed by atoms with Gasteiger partial charge >= 0.3 is 0 Å². The van der Waals surface area contributed by atoms with E-state index in [1.807, 2.05) is 25.2 Å². The molecule has 2 rings (SSSR count). The highest BCUT2D eigenvalue weighted by molar-refractivity contribution is 5.80. The molecule has 0 N–H and O–H groups in total. The van der Waals surface area contributed by atoms with Crippen LogP contribution in [0.2, 0.25) is 0 Å². The Morgan fingerprint density at radius 3 is 3.15 bits per heavy atom. The molecule has 0 spiro atoms. The fourth-order valence-electron chi connectivity index (χ4n) is 1.45. The molecule has 0 aliphatic heterocycles. The number of hydrogen-bond acceptors (Lipinski definition) is 3. The SMILES string of the molecule is Cn1nnc2cccc(CC=O)c21. The Labute approximate surface area is 75.2 Å². The Balaban J connectivity index is 2.72. The number of fused-ring (bicyclic) bond motifs is 1. The zero-order chi connectivity index (χ0) is 9.26. The van der Waals surface area contributed by atoms with Crippen molar-refractivity contribution in [2.45, 2.75) is 6.42 Å². The van der Waals surface area contributed by atoms with E-state index in [0.29, 0.717) is 6.42 Å². The van der Waals surface area contributed by atoms with Crippen LogP contribution in [0.5, 0.6) is 0 Å². The summed E-state index contributed by atoms with van der Waals surface area (Å²) in [5.74, 6) is 0. The van der Waals surface area contributed by atoms with Gasteiger partial charge in [0.05, 0.1) is 5.52 Å². The van der Waals surface area contributed by atoms with Gasteiger partial charge in [0.2, 0.25) is 0 Å². The van der Waals surface area contributed by atoms with E-state index in [2.05, 4.69) is 10.3 Å². The Bertz CT molecular complexity index is 447. The van der Waals surface area contributed by atoms with E-state index in [0.717, 1.165) is 22.9 Å². The number of aryl methyl sites for hydroxylation is 1. The quantitative estimate of drug-likeness (QED) is 0.631. The van der Waals surface area contributed by atoms with Gasteiger partial charge < -0.3 is 4.79 Å². The maximum Gasteiger partial charge on any atom is 0.124 e. The summed E-state index contributed by atoms with van der Waals surface area (Å²) < 4.78 is 1.69. The molecule has 2 aromatic rings. The highest BCUT2D eigenvalue weighted by atomic mass is 16.1. The number of carbonyl (C=O) groups excluding carboxylic acids is 1. The number of hydrogen-bond donors (Lipinski definition) is 0. The predicted octanol–water partition coefficient (Wildman–Crippen LogP) is 0.710. The second-order valence-electron chi connectivity index (χ2n) is 2.87. The third-order valence-corrected chi connectivity index (χ3v) is 2.01. The lowest BCUT2D eigenvalue weighted by Gasteiger charge is -1.98. The summed E-state index contributed by atoms with van der Waals surface area (Å²) in [6.07, 6.45) is 1.31. The summed E-state index contributed by atoms with van der Waals surface area (Å²) in [6, 6.07) is 5.69. The number of nitrogens with zero attached hydrogens (tertiary/aromatic N) is 3. The zero-order valence-electron chi connectivity index (χ0n) is 7.27. The first-order chi connectivity index (χ1) is 6.33. The molecule has 0 saturated heterocycles. The van der Waals surface area contributed by atoms with Crippen LogP contribution in [0.1, 0.15) is 5.56 Å². The highest BCUT2D eigenvalue weighted by Crippen LogP contribution is 2.15. The minimum absolute atomic E-state index is 0.415. The smallest absolute Gasteiger partial charge is 0.124 e. The molecule has 66 valence electrons. The highest BCUT2D eigenvalue weighted by Gasteiger charge is 2.05. The third-order valence-electron chi connectivity index (χ3n) is 2.01. The van der Waals surface area contributed by atoms with Gasteiger partial charge in [-0.25, -0.2) is 4.68 Å². The van der Waals surface area contributed by atoms with Gasteiger partial charge in [-0.3, -0.25) is 0 Å². The van der Waals surface area contributed by atoms with Crippen molar-refractivity contribution in [2.75, 3.05) is 0 Å². The molecule has 0 fully saturated rings. The van der Waals surface area contributed by atoms with Crippen LogP contribution in [0.4, 0.5) is 0 Å². The van der Waals surface area contributed by atoms with E-state index in [-0.39, 0.29) is 0 Å². The fourth-order valence-corrected chi connectivity index (χ4v) is 1.45. The number of aldehydes is 1. The van der Waals surface area contributed by atoms with Gasteiger partial charge in [0.25, 0.3) is 0 Å². The molecule has 1 heterocycles. The van der Waals surface area contributed by atoms with Gasteiger partial charge in [0, 0.05) is 13.5 Å². The van der Waals surface area contributed by atoms with Crippen LogP contribution in [0.15, 0.2) is 18.2 Å². The van der Waals surface area contributed by atoms with Crippen LogP contribution in [0.3, 0.4) is 0 Å². The lowest BCUT2D eigenvalue weighted by molar-refractivity contribution is -0.107. The van der Waals surface area contributed by atoms with Crippen molar-refractivity contribution < 1.29 is 4.79 Å². The topological polar surface area (TPSA) is 47.8 Å². The normalized spacial score (nSPS) is 10.5. The van der Waals surface area contributed by atoms with Crippen molar-refractivity contribution in [1.82, 2.24) is 15.0 Å². The van der Waals surface area contributed by atoms with Gasteiger partial charge in [0.15, 0.2) is 0 Å². The minimum Gasteiger partial charge on any atom is -0.303 e. The van der Waals surface area contributed by atoms with E-state index in [1.54, 1.807) is 4.68 Å². The van der Waals surface area contributed by atoms with Gasteiger partial charge in [-0.1, -0.05) is 17.3 Å². The minimum atomic E-state index is 0.415. The lowest BCUT2D eigenvalue weighted by atomic mass is 10.1. The number of para-hydroxylation sites is 1. The molecule has 0 unspecified atom stereocenters. The van der Waals surface area contributed by atoms with Gasteiger partial charge in [-0.15, -0.1) is 5.10 Å². The Hall–Kier alpha value is -1.71. The number of benzene rings is 1. The average Bonchev–Trinajstić information content (AvgIpc) is 2.50. The van der Waals surface area contributed by atoms with E-state index >= 15 is 0 Å². The van der Waals surface area contributed by atoms with E-state index < -0.39 is 0 Å². The Morgan fingerprint density at radius 1 is 1.54 bits per heavy atom. The molecule has 0 amide bonds. The van der Waals surface area contributed by atoms with Gasteiger partial charge in [-0.05, 0) is 11.6 Å². The first-order valence-electron chi connectivity index (χ1n) is 4.04. The first kappa shape index (κ1) is 7.91. The van der Waals surface area contributed by atoms with Crippen LogP contribution >= 0.6 is 0 Å². The van der Waals surface area contributed by atoms with Gasteiger partial charge in [-0.2, -0.15) is 0 Å². The van der Waals surface area contributed by atoms with Crippen LogP contribution < -0.4 is 0 Å². The molecule has 0 radical (unpaired) electrons. The third kappa shape index (κ3) is 1.20. The molecule has 13 heavy (non-hydrogen) atoms. The van der Waals surface area contributed by atoms with E-state index in [1.165, 1.54) is 0 Å². The fraction of sp³-hybridized carbons (Fsp3) is 0.222. The van der Waals surface area contributed by atoms with Crippen LogP contribution in [-0.4, -0.2) is 21.3 Å². The maximum absolute atomic E-state index is 10.4. The largest absolute Gasteiger partial charge is 0.303 e. The summed E-state index contributed by atoms with van der Waals surface area (Å²) >= 11 is 0. The molecule has 0 atom stereocenters. The first-order valence-corrected chi connectivity index (χ1v) is 4.04. The Kier molecular flexibility index (Phi) is 1.81. The Morgan fingerprint density at radius 2 is 2.38 bits per heavy atom. The van der Waals surface area contributed by atoms with Crippen LogP contribution in [0.25, 0.3) is 11.0 Å².